The second-order valence-electron chi connectivity index (χ2n) is 7.54. The molecule has 0 bridgehead atoms. The molecule has 3 heterocycles. The Kier molecular flexibility index (Phi) is 4.96. The van der Waals surface area contributed by atoms with Gasteiger partial charge in [-0.25, -0.2) is 9.78 Å². The molecular weight excluding hydrogens is 416 g/mol. The van der Waals surface area contributed by atoms with E-state index in [-0.39, 0.29) is 0 Å². The number of hydrogen-bond donors (Lipinski definition) is 0. The smallest absolute Gasteiger partial charge is 0.344 e. The monoisotopic (exact) mass is 434 g/mol. The molecule has 0 fully saturated rings. The summed E-state index contributed by atoms with van der Waals surface area (Å²) < 4.78 is 12.8. The van der Waals surface area contributed by atoms with Crippen molar-refractivity contribution in [2.75, 3.05) is 0 Å². The zero-order chi connectivity index (χ0) is 22.9. The number of hydrogen-bond acceptors (Lipinski definition) is 6. The Morgan fingerprint density at radius 2 is 1.76 bits per heavy atom. The Labute approximate surface area is 189 Å². The highest BCUT2D eigenvalue weighted by Crippen LogP contribution is 2.29. The van der Waals surface area contributed by atoms with Crippen molar-refractivity contribution in [3.8, 4) is 34.4 Å². The third-order valence-corrected chi connectivity index (χ3v) is 5.37. The van der Waals surface area contributed by atoms with E-state index >= 15 is 0 Å². The van der Waals surface area contributed by atoms with Crippen LogP contribution in [0.25, 0.3) is 33.6 Å². The minimum Gasteiger partial charge on any atom is -0.463 e. The lowest BCUT2D eigenvalue weighted by atomic mass is 10.0. The van der Waals surface area contributed by atoms with Gasteiger partial charge in [0, 0.05) is 7.05 Å². The fourth-order valence-corrected chi connectivity index (χ4v) is 3.77. The number of esters is 1. The summed E-state index contributed by atoms with van der Waals surface area (Å²) >= 11 is 0. The highest BCUT2D eigenvalue weighted by molar-refractivity contribution is 6.05. The molecule has 0 amide bonds. The van der Waals surface area contributed by atoms with Crippen molar-refractivity contribution in [1.82, 2.24) is 14.8 Å². The van der Waals surface area contributed by atoms with Crippen LogP contribution in [0.2, 0.25) is 0 Å². The Bertz CT molecular complexity index is 1510. The van der Waals surface area contributed by atoms with Gasteiger partial charge in [-0.15, -0.1) is 0 Å². The number of aryl methyl sites for hydroxylation is 2. The van der Waals surface area contributed by atoms with E-state index < -0.39 is 5.97 Å². The summed E-state index contributed by atoms with van der Waals surface area (Å²) in [6, 6.07) is 21.9. The fourth-order valence-electron chi connectivity index (χ4n) is 3.77. The second-order valence-corrected chi connectivity index (χ2v) is 7.54. The lowest BCUT2D eigenvalue weighted by Crippen LogP contribution is -2.10. The number of pyridine rings is 1. The summed E-state index contributed by atoms with van der Waals surface area (Å²) in [5, 5.41) is 14.0. The van der Waals surface area contributed by atoms with E-state index in [1.54, 1.807) is 60.5 Å². The third kappa shape index (κ3) is 3.75. The van der Waals surface area contributed by atoms with Gasteiger partial charge in [-0.2, -0.15) is 10.4 Å². The largest absolute Gasteiger partial charge is 0.463 e. The number of ether oxygens (including phenoxy) is 1. The van der Waals surface area contributed by atoms with E-state index in [2.05, 4.69) is 16.2 Å². The molecule has 7 heteroatoms. The lowest BCUT2D eigenvalue weighted by Gasteiger charge is -2.09. The van der Waals surface area contributed by atoms with Crippen molar-refractivity contribution in [2.45, 2.75) is 6.92 Å². The molecule has 0 saturated carbocycles. The van der Waals surface area contributed by atoms with Crippen LogP contribution in [0.4, 0.5) is 0 Å². The highest BCUT2D eigenvalue weighted by atomic mass is 16.5. The average Bonchev–Trinajstić information content (AvgIpc) is 3.48. The van der Waals surface area contributed by atoms with Crippen LogP contribution in [0.3, 0.4) is 0 Å². The molecule has 0 aliphatic heterocycles. The number of nitrogens with zero attached hydrogens (tertiary/aromatic N) is 4. The summed E-state index contributed by atoms with van der Waals surface area (Å²) in [4.78, 5) is 17.8. The van der Waals surface area contributed by atoms with Crippen molar-refractivity contribution in [3.63, 3.8) is 0 Å². The SMILES string of the molecule is Cc1nn(C)c2nc(-c3ccco3)cc(C(=O)Oc3ccc(-c4ccc(C#N)cc4)cc3)c12. The second kappa shape index (κ2) is 8.09. The molecule has 0 radical (unpaired) electrons. The average molecular weight is 434 g/mol. The number of fused-ring (bicyclic) bond motifs is 1. The zero-order valence-corrected chi connectivity index (χ0v) is 17.9. The van der Waals surface area contributed by atoms with Crippen LogP contribution in [0.5, 0.6) is 5.75 Å². The quantitative estimate of drug-likeness (QED) is 0.282. The predicted molar refractivity (Wildman–Crippen MR) is 122 cm³/mol. The molecule has 0 spiro atoms. The van der Waals surface area contributed by atoms with Gasteiger partial charge in [0.25, 0.3) is 0 Å². The van der Waals surface area contributed by atoms with Gasteiger partial charge in [0.15, 0.2) is 11.4 Å². The molecule has 0 aliphatic rings. The zero-order valence-electron chi connectivity index (χ0n) is 17.9. The van der Waals surface area contributed by atoms with Gasteiger partial charge >= 0.3 is 5.97 Å². The maximum atomic E-state index is 13.2. The molecule has 5 aromatic rings. The number of benzene rings is 2. The van der Waals surface area contributed by atoms with Crippen LogP contribution in [-0.2, 0) is 7.05 Å². The molecule has 5 rings (SSSR count). The van der Waals surface area contributed by atoms with Crippen LogP contribution in [-0.4, -0.2) is 20.7 Å². The number of rotatable bonds is 4. The Hall–Kier alpha value is -4.70. The number of carbonyl (C=O) groups excluding carboxylic acids is 1. The number of carbonyl (C=O) groups is 1. The lowest BCUT2D eigenvalue weighted by molar-refractivity contribution is 0.0736. The summed E-state index contributed by atoms with van der Waals surface area (Å²) in [6.07, 6.45) is 1.56. The maximum Gasteiger partial charge on any atom is 0.344 e. The maximum absolute atomic E-state index is 13.2. The predicted octanol–water partition coefficient (Wildman–Crippen LogP) is 5.29. The van der Waals surface area contributed by atoms with E-state index in [9.17, 15) is 4.79 Å². The van der Waals surface area contributed by atoms with Crippen molar-refractivity contribution >= 4 is 17.0 Å². The molecule has 2 aromatic carbocycles. The van der Waals surface area contributed by atoms with Gasteiger partial charge in [-0.3, -0.25) is 4.68 Å². The first-order valence-electron chi connectivity index (χ1n) is 10.2. The van der Waals surface area contributed by atoms with Crippen LogP contribution in [0.15, 0.2) is 77.4 Å². The molecule has 3 aromatic heterocycles. The summed E-state index contributed by atoms with van der Waals surface area (Å²) in [7, 11) is 1.78. The van der Waals surface area contributed by atoms with Crippen molar-refractivity contribution in [3.05, 3.63) is 89.8 Å². The Balaban J connectivity index is 1.47. The van der Waals surface area contributed by atoms with Crippen molar-refractivity contribution < 1.29 is 13.9 Å². The summed E-state index contributed by atoms with van der Waals surface area (Å²) in [6.45, 7) is 1.83. The minimum atomic E-state index is -0.502. The van der Waals surface area contributed by atoms with Crippen molar-refractivity contribution in [1.29, 1.82) is 5.26 Å². The first-order valence-corrected chi connectivity index (χ1v) is 10.2. The van der Waals surface area contributed by atoms with E-state index in [0.717, 1.165) is 11.1 Å². The number of nitriles is 1. The highest BCUT2D eigenvalue weighted by Gasteiger charge is 2.21. The number of furan rings is 1. The molecule has 0 saturated heterocycles. The van der Waals surface area contributed by atoms with E-state index in [4.69, 9.17) is 14.4 Å². The van der Waals surface area contributed by atoms with Gasteiger partial charge in [0.2, 0.25) is 0 Å². The summed E-state index contributed by atoms with van der Waals surface area (Å²) in [5.74, 6) is 0.470. The molecule has 7 nitrogen and oxygen atoms in total. The third-order valence-electron chi connectivity index (χ3n) is 5.37. The molecule has 0 atom stereocenters. The van der Waals surface area contributed by atoms with Crippen LogP contribution >= 0.6 is 0 Å². The molecule has 0 unspecified atom stereocenters. The van der Waals surface area contributed by atoms with E-state index in [1.165, 1.54) is 0 Å². The normalized spacial score (nSPS) is 10.8. The Morgan fingerprint density at radius 1 is 1.06 bits per heavy atom. The van der Waals surface area contributed by atoms with Gasteiger partial charge in [0.05, 0.1) is 34.5 Å². The van der Waals surface area contributed by atoms with Crippen LogP contribution in [0.1, 0.15) is 21.6 Å². The molecule has 33 heavy (non-hydrogen) atoms. The van der Waals surface area contributed by atoms with Crippen molar-refractivity contribution in [2.24, 2.45) is 7.05 Å². The fraction of sp³-hybridized carbons (Fsp3) is 0.0769. The first-order chi connectivity index (χ1) is 16.0. The Morgan fingerprint density at radius 3 is 2.39 bits per heavy atom. The minimum absolute atomic E-state index is 0.369. The number of aromatic nitrogens is 3. The van der Waals surface area contributed by atoms with Crippen LogP contribution in [0, 0.1) is 18.3 Å². The molecule has 0 aliphatic carbocycles. The van der Waals surface area contributed by atoms with Gasteiger partial charge in [-0.1, -0.05) is 24.3 Å². The van der Waals surface area contributed by atoms with Gasteiger partial charge in [-0.05, 0) is 60.5 Å². The first kappa shape index (κ1) is 20.2. The molecule has 160 valence electrons. The molecular formula is C26H18N4O3. The summed E-state index contributed by atoms with van der Waals surface area (Å²) in [5.41, 5.74) is 4.68. The van der Waals surface area contributed by atoms with Crippen LogP contribution < -0.4 is 4.74 Å². The van der Waals surface area contributed by atoms with E-state index in [0.29, 0.717) is 45.1 Å². The topological polar surface area (TPSA) is 93.9 Å². The van der Waals surface area contributed by atoms with Gasteiger partial charge in [0.1, 0.15) is 11.4 Å². The standard InChI is InChI=1S/C26H18N4O3/c1-16-24-21(14-22(23-4-3-13-32-23)28-25(24)30(2)29-16)26(31)33-20-11-9-19(10-12-20)18-7-5-17(15-27)6-8-18/h3-14H,1-2H3. The van der Waals surface area contributed by atoms with Gasteiger partial charge < -0.3 is 9.15 Å². The molecule has 0 N–H and O–H groups in total. The van der Waals surface area contributed by atoms with E-state index in [1.807, 2.05) is 31.2 Å².